The van der Waals surface area contributed by atoms with Crippen molar-refractivity contribution in [3.05, 3.63) is 96.1 Å². The Bertz CT molecular complexity index is 537. The number of allylic oxidation sites excluding steroid dienone is 2. The molecule has 0 aromatic heterocycles. The predicted octanol–water partition coefficient (Wildman–Crippen LogP) is 4.95. The highest BCUT2D eigenvalue weighted by Crippen LogP contribution is 2.08. The van der Waals surface area contributed by atoms with E-state index in [9.17, 15) is 0 Å². The molecule has 0 aliphatic rings. The Labute approximate surface area is 140 Å². The second-order valence-corrected chi connectivity index (χ2v) is 5.73. The van der Waals surface area contributed by atoms with Crippen LogP contribution in [0.3, 0.4) is 0 Å². The van der Waals surface area contributed by atoms with Gasteiger partial charge in [-0.1, -0.05) is 60.7 Å². The van der Waals surface area contributed by atoms with Crippen LogP contribution in [0.4, 0.5) is 0 Å². The van der Waals surface area contributed by atoms with Gasteiger partial charge in [0.05, 0.1) is 13.2 Å². The monoisotopic (exact) mass is 306 g/mol. The lowest BCUT2D eigenvalue weighted by molar-refractivity contribution is 0.140. The van der Waals surface area contributed by atoms with E-state index in [1.807, 2.05) is 12.2 Å². The molecular formula is C22H26O. The van der Waals surface area contributed by atoms with Crippen LogP contribution in [0, 0.1) is 0 Å². The highest BCUT2D eigenvalue weighted by molar-refractivity contribution is 5.25. The molecule has 23 heavy (non-hydrogen) atoms. The number of rotatable bonds is 10. The molecule has 0 bridgehead atoms. The third-order valence-corrected chi connectivity index (χ3v) is 3.88. The van der Waals surface area contributed by atoms with Crippen LogP contribution < -0.4 is 0 Å². The average Bonchev–Trinajstić information content (AvgIpc) is 2.58. The van der Waals surface area contributed by atoms with Crippen LogP contribution in [0.25, 0.3) is 0 Å². The van der Waals surface area contributed by atoms with Crippen LogP contribution in [0.1, 0.15) is 22.3 Å². The first-order valence-electron chi connectivity index (χ1n) is 8.27. The summed E-state index contributed by atoms with van der Waals surface area (Å²) in [7, 11) is 0. The maximum Gasteiger partial charge on any atom is 0.0506 e. The number of ether oxygens (including phenoxy) is 1. The van der Waals surface area contributed by atoms with E-state index in [-0.39, 0.29) is 0 Å². The molecule has 1 nitrogen and oxygen atoms in total. The van der Waals surface area contributed by atoms with Gasteiger partial charge in [0.1, 0.15) is 0 Å². The van der Waals surface area contributed by atoms with Crippen molar-refractivity contribution in [2.75, 3.05) is 13.2 Å². The minimum atomic E-state index is 0.773. The Morgan fingerprint density at radius 2 is 0.957 bits per heavy atom. The van der Waals surface area contributed by atoms with Crippen molar-refractivity contribution in [3.63, 3.8) is 0 Å². The summed E-state index contributed by atoms with van der Waals surface area (Å²) in [4.78, 5) is 0. The van der Waals surface area contributed by atoms with Gasteiger partial charge in [-0.3, -0.25) is 0 Å². The average molecular weight is 306 g/mol. The van der Waals surface area contributed by atoms with Gasteiger partial charge in [0.15, 0.2) is 0 Å². The van der Waals surface area contributed by atoms with Gasteiger partial charge in [0.2, 0.25) is 0 Å². The highest BCUT2D eigenvalue weighted by Gasteiger charge is 1.97. The fourth-order valence-electron chi connectivity index (χ4n) is 2.50. The molecule has 0 saturated heterocycles. The number of benzene rings is 2. The van der Waals surface area contributed by atoms with Gasteiger partial charge >= 0.3 is 0 Å². The van der Waals surface area contributed by atoms with E-state index in [1.165, 1.54) is 22.3 Å². The normalized spacial score (nSPS) is 10.4. The van der Waals surface area contributed by atoms with Gasteiger partial charge in [0.25, 0.3) is 0 Å². The van der Waals surface area contributed by atoms with Crippen molar-refractivity contribution in [1.29, 1.82) is 0 Å². The van der Waals surface area contributed by atoms with E-state index >= 15 is 0 Å². The molecule has 1 heteroatoms. The summed E-state index contributed by atoms with van der Waals surface area (Å²) >= 11 is 0. The van der Waals surface area contributed by atoms with Crippen molar-refractivity contribution in [1.82, 2.24) is 0 Å². The standard InChI is InChI=1S/C22H26O/c1-3-5-19-7-11-21(12-8-19)15-17-23-18-16-22-13-9-20(6-4-2)10-14-22/h3-4,7-14H,1-2,5-6,15-18H2. The van der Waals surface area contributed by atoms with Crippen LogP contribution in [-0.4, -0.2) is 13.2 Å². The van der Waals surface area contributed by atoms with E-state index < -0.39 is 0 Å². The minimum absolute atomic E-state index is 0.773. The lowest BCUT2D eigenvalue weighted by atomic mass is 10.1. The first-order chi connectivity index (χ1) is 11.3. The summed E-state index contributed by atoms with van der Waals surface area (Å²) in [6.45, 7) is 9.07. The molecule has 0 aliphatic heterocycles. The summed E-state index contributed by atoms with van der Waals surface area (Å²) in [6.07, 6.45) is 7.66. The molecule has 0 amide bonds. The molecule has 0 aliphatic carbocycles. The Morgan fingerprint density at radius 3 is 1.30 bits per heavy atom. The zero-order valence-corrected chi connectivity index (χ0v) is 13.8. The molecule has 120 valence electrons. The smallest absolute Gasteiger partial charge is 0.0506 e. The van der Waals surface area contributed by atoms with Crippen LogP contribution in [0.5, 0.6) is 0 Å². The maximum atomic E-state index is 5.76. The van der Waals surface area contributed by atoms with Crippen molar-refractivity contribution in [2.45, 2.75) is 25.7 Å². The second kappa shape index (κ2) is 9.81. The third kappa shape index (κ3) is 6.25. The molecule has 2 rings (SSSR count). The topological polar surface area (TPSA) is 9.23 Å². The number of hydrogen-bond acceptors (Lipinski definition) is 1. The Kier molecular flexibility index (Phi) is 7.35. The van der Waals surface area contributed by atoms with Gasteiger partial charge in [-0.15, -0.1) is 13.2 Å². The lowest BCUT2D eigenvalue weighted by Crippen LogP contribution is -2.03. The molecule has 2 aromatic carbocycles. The molecule has 0 unspecified atom stereocenters. The van der Waals surface area contributed by atoms with Crippen LogP contribution in [-0.2, 0) is 30.4 Å². The molecule has 0 saturated carbocycles. The lowest BCUT2D eigenvalue weighted by Gasteiger charge is -2.06. The first kappa shape index (κ1) is 17.2. The van der Waals surface area contributed by atoms with E-state index in [2.05, 4.69) is 61.7 Å². The summed E-state index contributed by atoms with van der Waals surface area (Å²) in [5.41, 5.74) is 5.27. The quantitative estimate of drug-likeness (QED) is 0.446. The fraction of sp³-hybridized carbons (Fsp3) is 0.273. The van der Waals surface area contributed by atoms with Crippen molar-refractivity contribution < 1.29 is 4.74 Å². The highest BCUT2D eigenvalue weighted by atomic mass is 16.5. The Hall–Kier alpha value is -2.12. The second-order valence-electron chi connectivity index (χ2n) is 5.73. The van der Waals surface area contributed by atoms with Gasteiger partial charge in [-0.25, -0.2) is 0 Å². The third-order valence-electron chi connectivity index (χ3n) is 3.88. The van der Waals surface area contributed by atoms with Crippen LogP contribution in [0.15, 0.2) is 73.8 Å². The molecule has 0 radical (unpaired) electrons. The molecule has 2 aromatic rings. The minimum Gasteiger partial charge on any atom is -0.381 e. The largest absolute Gasteiger partial charge is 0.381 e. The molecule has 0 fully saturated rings. The van der Waals surface area contributed by atoms with E-state index in [1.54, 1.807) is 0 Å². The van der Waals surface area contributed by atoms with Gasteiger partial charge in [0, 0.05) is 0 Å². The van der Waals surface area contributed by atoms with E-state index in [0.29, 0.717) is 0 Å². The molecule has 0 heterocycles. The van der Waals surface area contributed by atoms with Crippen molar-refractivity contribution in [2.24, 2.45) is 0 Å². The van der Waals surface area contributed by atoms with Crippen LogP contribution in [0.2, 0.25) is 0 Å². The molecule has 0 N–H and O–H groups in total. The Morgan fingerprint density at radius 1 is 0.609 bits per heavy atom. The van der Waals surface area contributed by atoms with E-state index in [0.717, 1.165) is 38.9 Å². The number of hydrogen-bond donors (Lipinski definition) is 0. The van der Waals surface area contributed by atoms with E-state index in [4.69, 9.17) is 4.74 Å². The summed E-state index contributed by atoms with van der Waals surface area (Å²) in [5.74, 6) is 0. The molecular weight excluding hydrogens is 280 g/mol. The zero-order chi connectivity index (χ0) is 16.3. The maximum absolute atomic E-state index is 5.76. The molecule has 0 atom stereocenters. The summed E-state index contributed by atoms with van der Waals surface area (Å²) in [5, 5.41) is 0. The zero-order valence-electron chi connectivity index (χ0n) is 13.8. The van der Waals surface area contributed by atoms with Gasteiger partial charge in [-0.05, 0) is 47.9 Å². The first-order valence-corrected chi connectivity index (χ1v) is 8.27. The molecule has 0 spiro atoms. The summed E-state index contributed by atoms with van der Waals surface area (Å²) in [6, 6.07) is 17.4. The van der Waals surface area contributed by atoms with Gasteiger partial charge < -0.3 is 4.74 Å². The predicted molar refractivity (Wildman–Crippen MR) is 98.9 cm³/mol. The SMILES string of the molecule is C=CCc1ccc(CCOCCc2ccc(CC=C)cc2)cc1. The fourth-order valence-corrected chi connectivity index (χ4v) is 2.50. The van der Waals surface area contributed by atoms with Crippen molar-refractivity contribution >= 4 is 0 Å². The summed E-state index contributed by atoms with van der Waals surface area (Å²) < 4.78 is 5.76. The van der Waals surface area contributed by atoms with Crippen molar-refractivity contribution in [3.8, 4) is 0 Å². The van der Waals surface area contributed by atoms with Crippen LogP contribution >= 0.6 is 0 Å². The Balaban J connectivity index is 1.65. The van der Waals surface area contributed by atoms with Gasteiger partial charge in [-0.2, -0.15) is 0 Å².